The number of nitrogens with zero attached hydrogens (tertiary/aromatic N) is 2. The first-order chi connectivity index (χ1) is 9.62. The Morgan fingerprint density at radius 2 is 1.95 bits per heavy atom. The molecule has 0 saturated carbocycles. The highest BCUT2D eigenvalue weighted by Crippen LogP contribution is 2.50. The zero-order valence-electron chi connectivity index (χ0n) is 11.7. The Labute approximate surface area is 124 Å². The van der Waals surface area contributed by atoms with E-state index in [1.165, 1.54) is 23.5 Å². The van der Waals surface area contributed by atoms with Crippen molar-refractivity contribution in [1.29, 1.82) is 0 Å². The van der Waals surface area contributed by atoms with Gasteiger partial charge in [-0.25, -0.2) is 4.98 Å². The van der Waals surface area contributed by atoms with E-state index in [0.29, 0.717) is 22.1 Å². The highest BCUT2D eigenvalue weighted by Gasteiger charge is 2.40. The van der Waals surface area contributed by atoms with E-state index in [2.05, 4.69) is 4.98 Å². The highest BCUT2D eigenvalue weighted by atomic mass is 32.1. The van der Waals surface area contributed by atoms with Crippen molar-refractivity contribution in [3.8, 4) is 11.3 Å². The molecule has 0 saturated heterocycles. The summed E-state index contributed by atoms with van der Waals surface area (Å²) in [6.07, 6.45) is -4.36. The summed E-state index contributed by atoms with van der Waals surface area (Å²) < 4.78 is 38.8. The van der Waals surface area contributed by atoms with Gasteiger partial charge in [0, 0.05) is 18.3 Å². The number of nitrogens with two attached hydrogens (primary N) is 1. The fourth-order valence-electron chi connectivity index (χ4n) is 2.57. The van der Waals surface area contributed by atoms with Crippen LogP contribution >= 0.6 is 11.3 Å². The van der Waals surface area contributed by atoms with Gasteiger partial charge in [0.25, 0.3) is 0 Å². The standard InChI is InChI=1S/C14H14F3N3S/c1-13(2)11-10(19-12(18)21-11)8-5-4-7(14(15,16)17)6-9(8)20(13)3/h4-6H,1-3H3,(H2,18,19). The van der Waals surface area contributed by atoms with Crippen LogP contribution in [0.2, 0.25) is 0 Å². The molecule has 2 aromatic rings. The third-order valence-corrected chi connectivity index (χ3v) is 5.18. The molecule has 3 nitrogen and oxygen atoms in total. The van der Waals surface area contributed by atoms with Crippen LogP contribution in [-0.2, 0) is 11.7 Å². The maximum atomic E-state index is 12.9. The number of aromatic nitrogens is 1. The molecule has 21 heavy (non-hydrogen) atoms. The van der Waals surface area contributed by atoms with Crippen LogP contribution in [-0.4, -0.2) is 12.0 Å². The summed E-state index contributed by atoms with van der Waals surface area (Å²) in [6, 6.07) is 3.74. The third kappa shape index (κ3) is 1.98. The van der Waals surface area contributed by atoms with Gasteiger partial charge in [-0.05, 0) is 26.0 Å². The van der Waals surface area contributed by atoms with Crippen molar-refractivity contribution >= 4 is 22.2 Å². The first-order valence-corrected chi connectivity index (χ1v) is 7.16. The number of hydrogen-bond donors (Lipinski definition) is 1. The number of anilines is 2. The second-order valence-corrected chi connectivity index (χ2v) is 6.61. The fourth-order valence-corrected chi connectivity index (χ4v) is 3.56. The summed E-state index contributed by atoms with van der Waals surface area (Å²) in [5.41, 5.74) is 6.57. The van der Waals surface area contributed by atoms with E-state index in [4.69, 9.17) is 5.73 Å². The van der Waals surface area contributed by atoms with Gasteiger partial charge in [-0.1, -0.05) is 17.4 Å². The smallest absolute Gasteiger partial charge is 0.375 e. The minimum atomic E-state index is -4.36. The lowest BCUT2D eigenvalue weighted by Gasteiger charge is -2.41. The Balaban J connectivity index is 2.28. The Morgan fingerprint density at radius 3 is 2.57 bits per heavy atom. The maximum absolute atomic E-state index is 12.9. The monoisotopic (exact) mass is 313 g/mol. The molecule has 0 radical (unpaired) electrons. The van der Waals surface area contributed by atoms with Crippen LogP contribution in [0.1, 0.15) is 24.3 Å². The second-order valence-electron chi connectivity index (χ2n) is 5.58. The summed E-state index contributed by atoms with van der Waals surface area (Å²) in [4.78, 5) is 7.11. The molecule has 1 aromatic carbocycles. The van der Waals surface area contributed by atoms with Crippen LogP contribution in [0.5, 0.6) is 0 Å². The van der Waals surface area contributed by atoms with Gasteiger partial charge >= 0.3 is 6.18 Å². The normalized spacial score (nSPS) is 16.6. The number of fused-ring (bicyclic) bond motifs is 3. The number of nitrogen functional groups attached to an aromatic ring is 1. The molecule has 0 amide bonds. The van der Waals surface area contributed by atoms with E-state index in [9.17, 15) is 13.2 Å². The van der Waals surface area contributed by atoms with E-state index in [1.807, 2.05) is 18.7 Å². The molecular weight excluding hydrogens is 299 g/mol. The average molecular weight is 313 g/mol. The van der Waals surface area contributed by atoms with Crippen molar-refractivity contribution in [1.82, 2.24) is 4.98 Å². The average Bonchev–Trinajstić information content (AvgIpc) is 2.78. The fraction of sp³-hybridized carbons (Fsp3) is 0.357. The number of thiazole rings is 1. The minimum absolute atomic E-state index is 0.425. The van der Waals surface area contributed by atoms with Gasteiger partial charge in [-0.3, -0.25) is 0 Å². The first-order valence-electron chi connectivity index (χ1n) is 6.34. The molecule has 1 aliphatic heterocycles. The quantitative estimate of drug-likeness (QED) is 0.796. The van der Waals surface area contributed by atoms with Crippen molar-refractivity contribution in [2.45, 2.75) is 25.6 Å². The van der Waals surface area contributed by atoms with Gasteiger partial charge in [0.05, 0.1) is 21.7 Å². The molecule has 0 fully saturated rings. The minimum Gasteiger partial charge on any atom is -0.375 e. The number of hydrogen-bond acceptors (Lipinski definition) is 4. The van der Waals surface area contributed by atoms with E-state index < -0.39 is 17.3 Å². The lowest BCUT2D eigenvalue weighted by molar-refractivity contribution is -0.137. The Bertz CT molecular complexity index is 719. The van der Waals surface area contributed by atoms with Gasteiger partial charge < -0.3 is 10.6 Å². The molecule has 2 N–H and O–H groups in total. The van der Waals surface area contributed by atoms with Gasteiger partial charge in [0.2, 0.25) is 0 Å². The zero-order chi connectivity index (χ0) is 15.6. The molecule has 0 aliphatic carbocycles. The van der Waals surface area contributed by atoms with Crippen LogP contribution < -0.4 is 10.6 Å². The van der Waals surface area contributed by atoms with Gasteiger partial charge in [-0.2, -0.15) is 13.2 Å². The SMILES string of the molecule is CN1c2cc(C(F)(F)F)ccc2-c2nc(N)sc2C1(C)C. The second kappa shape index (κ2) is 4.13. The predicted octanol–water partition coefficient (Wildman–Crippen LogP) is 4.10. The van der Waals surface area contributed by atoms with Gasteiger partial charge in [0.15, 0.2) is 5.13 Å². The molecule has 1 aromatic heterocycles. The molecule has 112 valence electrons. The van der Waals surface area contributed by atoms with Crippen molar-refractivity contribution in [3.05, 3.63) is 28.6 Å². The number of alkyl halides is 3. The van der Waals surface area contributed by atoms with E-state index in [0.717, 1.165) is 10.9 Å². The first kappa shape index (κ1) is 14.2. The van der Waals surface area contributed by atoms with Crippen molar-refractivity contribution < 1.29 is 13.2 Å². The topological polar surface area (TPSA) is 42.2 Å². The summed E-state index contributed by atoms with van der Waals surface area (Å²) in [5.74, 6) is 0. The molecular formula is C14H14F3N3S. The van der Waals surface area contributed by atoms with E-state index in [1.54, 1.807) is 7.05 Å². The number of benzene rings is 1. The molecule has 0 bridgehead atoms. The van der Waals surface area contributed by atoms with Gasteiger partial charge in [0.1, 0.15) is 0 Å². The van der Waals surface area contributed by atoms with Crippen LogP contribution in [0, 0.1) is 0 Å². The molecule has 0 spiro atoms. The molecule has 2 heterocycles. The molecule has 1 aliphatic rings. The maximum Gasteiger partial charge on any atom is 0.416 e. The molecule has 7 heteroatoms. The van der Waals surface area contributed by atoms with Gasteiger partial charge in [-0.15, -0.1) is 0 Å². The molecule has 0 unspecified atom stereocenters. The molecule has 3 rings (SSSR count). The highest BCUT2D eigenvalue weighted by molar-refractivity contribution is 7.16. The lowest BCUT2D eigenvalue weighted by atomic mass is 9.89. The molecule has 0 atom stereocenters. The summed E-state index contributed by atoms with van der Waals surface area (Å²) in [7, 11) is 1.79. The number of rotatable bonds is 0. The lowest BCUT2D eigenvalue weighted by Crippen LogP contribution is -2.41. The summed E-state index contributed by atoms with van der Waals surface area (Å²) >= 11 is 1.38. The van der Waals surface area contributed by atoms with Crippen molar-refractivity contribution in [2.24, 2.45) is 0 Å². The third-order valence-electron chi connectivity index (χ3n) is 3.98. The van der Waals surface area contributed by atoms with Crippen molar-refractivity contribution in [3.63, 3.8) is 0 Å². The zero-order valence-corrected chi connectivity index (χ0v) is 12.6. The number of halogens is 3. The Morgan fingerprint density at radius 1 is 1.29 bits per heavy atom. The van der Waals surface area contributed by atoms with Crippen LogP contribution in [0.4, 0.5) is 24.0 Å². The predicted molar refractivity (Wildman–Crippen MR) is 78.4 cm³/mol. The Kier molecular flexibility index (Phi) is 2.79. The van der Waals surface area contributed by atoms with E-state index >= 15 is 0 Å². The Hall–Kier alpha value is -1.76. The summed E-state index contributed by atoms with van der Waals surface area (Å²) in [6.45, 7) is 3.90. The van der Waals surface area contributed by atoms with Crippen LogP contribution in [0.3, 0.4) is 0 Å². The summed E-state index contributed by atoms with van der Waals surface area (Å²) in [5, 5.41) is 0.425. The van der Waals surface area contributed by atoms with Crippen molar-refractivity contribution in [2.75, 3.05) is 17.7 Å². The van der Waals surface area contributed by atoms with E-state index in [-0.39, 0.29) is 0 Å². The van der Waals surface area contributed by atoms with Crippen LogP contribution in [0.25, 0.3) is 11.3 Å². The largest absolute Gasteiger partial charge is 0.416 e. The van der Waals surface area contributed by atoms with Crippen LogP contribution in [0.15, 0.2) is 18.2 Å².